The summed E-state index contributed by atoms with van der Waals surface area (Å²) in [6.07, 6.45) is 1.72. The van der Waals surface area contributed by atoms with E-state index in [-0.39, 0.29) is 11.6 Å². The van der Waals surface area contributed by atoms with Gasteiger partial charge in [-0.1, -0.05) is 0 Å². The van der Waals surface area contributed by atoms with E-state index in [2.05, 4.69) is 5.32 Å². The van der Waals surface area contributed by atoms with Gasteiger partial charge in [0.1, 0.15) is 11.6 Å². The molecule has 0 unspecified atom stereocenters. The van der Waals surface area contributed by atoms with E-state index >= 15 is 0 Å². The Bertz CT molecular complexity index is 349. The van der Waals surface area contributed by atoms with Crippen LogP contribution < -0.4 is 11.1 Å². The number of carbonyl (C=O) groups excluding carboxylic acids is 1. The average Bonchev–Trinajstić information content (AvgIpc) is 2.16. The molecule has 0 aliphatic heterocycles. The molecule has 1 amide bonds. The van der Waals surface area contributed by atoms with Gasteiger partial charge in [0.05, 0.1) is 0 Å². The van der Waals surface area contributed by atoms with Gasteiger partial charge in [0.25, 0.3) is 0 Å². The molecule has 0 bridgehead atoms. The number of benzene rings is 1. The number of hydrogen-bond acceptors (Lipinski definition) is 2. The zero-order chi connectivity index (χ0) is 12.0. The lowest BCUT2D eigenvalue weighted by atomic mass is 10.2. The number of amides is 1. The van der Waals surface area contributed by atoms with Gasteiger partial charge in [0.2, 0.25) is 5.91 Å². The summed E-state index contributed by atoms with van der Waals surface area (Å²) in [6, 6.07) is 2.90. The van der Waals surface area contributed by atoms with Gasteiger partial charge in [-0.25, -0.2) is 8.78 Å². The second-order valence-corrected chi connectivity index (χ2v) is 3.45. The molecule has 5 heteroatoms. The second-order valence-electron chi connectivity index (χ2n) is 3.45. The van der Waals surface area contributed by atoms with Gasteiger partial charge in [-0.2, -0.15) is 0 Å². The van der Waals surface area contributed by atoms with Crippen molar-refractivity contribution in [3.05, 3.63) is 29.8 Å². The van der Waals surface area contributed by atoms with E-state index in [0.29, 0.717) is 19.4 Å². The fourth-order valence-corrected chi connectivity index (χ4v) is 1.28. The van der Waals surface area contributed by atoms with E-state index in [4.69, 9.17) is 5.73 Å². The van der Waals surface area contributed by atoms with Gasteiger partial charge in [0.15, 0.2) is 0 Å². The van der Waals surface area contributed by atoms with Crippen LogP contribution in [0.4, 0.5) is 14.5 Å². The van der Waals surface area contributed by atoms with E-state index in [1.807, 2.05) is 0 Å². The summed E-state index contributed by atoms with van der Waals surface area (Å²) in [7, 11) is 0. The molecule has 0 atom stereocenters. The Morgan fingerprint density at radius 3 is 2.38 bits per heavy atom. The number of anilines is 1. The van der Waals surface area contributed by atoms with Crippen LogP contribution in [-0.2, 0) is 4.79 Å². The SMILES string of the molecule is NCCCCC(=O)Nc1cc(F)cc(F)c1. The predicted molar refractivity (Wildman–Crippen MR) is 57.9 cm³/mol. The van der Waals surface area contributed by atoms with Crippen molar-refractivity contribution < 1.29 is 13.6 Å². The number of unbranched alkanes of at least 4 members (excludes halogenated alkanes) is 1. The Hall–Kier alpha value is -1.49. The van der Waals surface area contributed by atoms with Gasteiger partial charge in [0, 0.05) is 18.2 Å². The van der Waals surface area contributed by atoms with Crippen molar-refractivity contribution in [2.45, 2.75) is 19.3 Å². The molecule has 0 spiro atoms. The highest BCUT2D eigenvalue weighted by Crippen LogP contribution is 2.13. The van der Waals surface area contributed by atoms with Crippen LogP contribution in [0.3, 0.4) is 0 Å². The summed E-state index contributed by atoms with van der Waals surface area (Å²) in [5.41, 5.74) is 5.41. The highest BCUT2D eigenvalue weighted by atomic mass is 19.1. The standard InChI is InChI=1S/C11H14F2N2O/c12-8-5-9(13)7-10(6-8)15-11(16)3-1-2-4-14/h5-7H,1-4,14H2,(H,15,16). The first-order valence-electron chi connectivity index (χ1n) is 5.08. The van der Waals surface area contributed by atoms with Crippen LogP contribution in [0.25, 0.3) is 0 Å². The first-order valence-corrected chi connectivity index (χ1v) is 5.08. The van der Waals surface area contributed by atoms with E-state index < -0.39 is 11.6 Å². The van der Waals surface area contributed by atoms with Crippen LogP contribution in [0, 0.1) is 11.6 Å². The summed E-state index contributed by atoms with van der Waals surface area (Å²) in [6.45, 7) is 0.530. The zero-order valence-electron chi connectivity index (χ0n) is 8.80. The van der Waals surface area contributed by atoms with Crippen molar-refractivity contribution in [1.82, 2.24) is 0 Å². The summed E-state index contributed by atoms with van der Waals surface area (Å²) >= 11 is 0. The number of nitrogens with two attached hydrogens (primary N) is 1. The quantitative estimate of drug-likeness (QED) is 0.757. The molecule has 1 rings (SSSR count). The maximum absolute atomic E-state index is 12.8. The monoisotopic (exact) mass is 228 g/mol. The molecule has 1 aromatic rings. The third-order valence-corrected chi connectivity index (χ3v) is 2.00. The largest absolute Gasteiger partial charge is 0.330 e. The van der Waals surface area contributed by atoms with Crippen molar-refractivity contribution in [2.24, 2.45) is 5.73 Å². The van der Waals surface area contributed by atoms with Crippen LogP contribution in [0.15, 0.2) is 18.2 Å². The fourth-order valence-electron chi connectivity index (χ4n) is 1.28. The number of carbonyl (C=O) groups is 1. The summed E-state index contributed by atoms with van der Waals surface area (Å²) in [4.78, 5) is 11.3. The Labute approximate surface area is 92.6 Å². The van der Waals surface area contributed by atoms with Crippen LogP contribution >= 0.6 is 0 Å². The lowest BCUT2D eigenvalue weighted by Gasteiger charge is -2.05. The van der Waals surface area contributed by atoms with Gasteiger partial charge >= 0.3 is 0 Å². The van der Waals surface area contributed by atoms with E-state index in [9.17, 15) is 13.6 Å². The second kappa shape index (κ2) is 6.17. The van der Waals surface area contributed by atoms with Crippen molar-refractivity contribution in [3.8, 4) is 0 Å². The molecular formula is C11H14F2N2O. The molecule has 3 nitrogen and oxygen atoms in total. The minimum Gasteiger partial charge on any atom is -0.330 e. The molecule has 0 saturated heterocycles. The molecule has 0 saturated carbocycles. The molecular weight excluding hydrogens is 214 g/mol. The number of rotatable bonds is 5. The average molecular weight is 228 g/mol. The van der Waals surface area contributed by atoms with Crippen molar-refractivity contribution in [2.75, 3.05) is 11.9 Å². The van der Waals surface area contributed by atoms with Gasteiger partial charge in [-0.15, -0.1) is 0 Å². The third kappa shape index (κ3) is 4.35. The molecule has 16 heavy (non-hydrogen) atoms. The topological polar surface area (TPSA) is 55.1 Å². The lowest BCUT2D eigenvalue weighted by Crippen LogP contribution is -2.12. The Kier molecular flexibility index (Phi) is 4.85. The first kappa shape index (κ1) is 12.6. The van der Waals surface area contributed by atoms with Gasteiger partial charge < -0.3 is 11.1 Å². The highest BCUT2D eigenvalue weighted by Gasteiger charge is 2.04. The predicted octanol–water partition coefficient (Wildman–Crippen LogP) is 2.03. The van der Waals surface area contributed by atoms with Gasteiger partial charge in [-0.3, -0.25) is 4.79 Å². The summed E-state index contributed by atoms with van der Waals surface area (Å²) in [5.74, 6) is -1.69. The van der Waals surface area contributed by atoms with Gasteiger partial charge in [-0.05, 0) is 31.5 Å². The first-order chi connectivity index (χ1) is 7.61. The minimum absolute atomic E-state index is 0.134. The Morgan fingerprint density at radius 2 is 1.81 bits per heavy atom. The summed E-state index contributed by atoms with van der Waals surface area (Å²) < 4.78 is 25.6. The Morgan fingerprint density at radius 1 is 1.19 bits per heavy atom. The molecule has 0 aliphatic rings. The zero-order valence-corrected chi connectivity index (χ0v) is 8.80. The number of hydrogen-bond donors (Lipinski definition) is 2. The smallest absolute Gasteiger partial charge is 0.224 e. The fraction of sp³-hybridized carbons (Fsp3) is 0.364. The van der Waals surface area contributed by atoms with Crippen LogP contribution in [-0.4, -0.2) is 12.5 Å². The molecule has 88 valence electrons. The van der Waals surface area contributed by atoms with Crippen molar-refractivity contribution >= 4 is 11.6 Å². The molecule has 3 N–H and O–H groups in total. The van der Waals surface area contributed by atoms with Crippen molar-refractivity contribution in [3.63, 3.8) is 0 Å². The highest BCUT2D eigenvalue weighted by molar-refractivity contribution is 5.90. The van der Waals surface area contributed by atoms with E-state index in [0.717, 1.165) is 24.6 Å². The number of halogens is 2. The molecule has 0 fully saturated rings. The maximum atomic E-state index is 12.8. The molecule has 0 aliphatic carbocycles. The lowest BCUT2D eigenvalue weighted by molar-refractivity contribution is -0.116. The molecule has 0 aromatic heterocycles. The maximum Gasteiger partial charge on any atom is 0.224 e. The van der Waals surface area contributed by atoms with Crippen molar-refractivity contribution in [1.29, 1.82) is 0 Å². The molecule has 0 radical (unpaired) electrons. The Balaban J connectivity index is 2.49. The normalized spacial score (nSPS) is 10.2. The molecule has 0 heterocycles. The van der Waals surface area contributed by atoms with E-state index in [1.165, 1.54) is 0 Å². The minimum atomic E-state index is -0.711. The number of nitrogens with one attached hydrogen (secondary N) is 1. The van der Waals surface area contributed by atoms with Crippen LogP contribution in [0.2, 0.25) is 0 Å². The van der Waals surface area contributed by atoms with E-state index in [1.54, 1.807) is 0 Å². The summed E-state index contributed by atoms with van der Waals surface area (Å²) in [5, 5.41) is 2.42. The van der Waals surface area contributed by atoms with Crippen LogP contribution in [0.1, 0.15) is 19.3 Å². The molecule has 1 aromatic carbocycles. The third-order valence-electron chi connectivity index (χ3n) is 2.00. The van der Waals surface area contributed by atoms with Crippen LogP contribution in [0.5, 0.6) is 0 Å².